The number of hydrogen-bond donors (Lipinski definition) is 3. The zero-order valence-electron chi connectivity index (χ0n) is 13.3. The lowest BCUT2D eigenvalue weighted by Gasteiger charge is -2.08. The van der Waals surface area contributed by atoms with E-state index in [-0.39, 0.29) is 23.5 Å². The first-order valence-corrected chi connectivity index (χ1v) is 8.09. The lowest BCUT2D eigenvalue weighted by molar-refractivity contribution is -0.117. The van der Waals surface area contributed by atoms with Crippen molar-refractivity contribution in [3.05, 3.63) is 60.0 Å². The molecule has 3 N–H and O–H groups in total. The Morgan fingerprint density at radius 3 is 2.52 bits per heavy atom. The first-order chi connectivity index (χ1) is 12.1. The van der Waals surface area contributed by atoms with Crippen LogP contribution >= 0.6 is 0 Å². The molecular formula is C19H16FN3O2. The maximum Gasteiger partial charge on any atom is 0.272 e. The van der Waals surface area contributed by atoms with E-state index < -0.39 is 0 Å². The van der Waals surface area contributed by atoms with Gasteiger partial charge < -0.3 is 15.6 Å². The van der Waals surface area contributed by atoms with Gasteiger partial charge in [-0.1, -0.05) is 6.07 Å². The second kappa shape index (κ2) is 6.05. The van der Waals surface area contributed by atoms with E-state index in [2.05, 4.69) is 15.6 Å². The number of nitrogens with one attached hydrogen (secondary N) is 3. The number of anilines is 2. The molecule has 1 aliphatic carbocycles. The van der Waals surface area contributed by atoms with Crippen LogP contribution in [0.15, 0.2) is 48.5 Å². The molecule has 1 aliphatic rings. The van der Waals surface area contributed by atoms with Crippen LogP contribution in [0.25, 0.3) is 10.9 Å². The lowest BCUT2D eigenvalue weighted by atomic mass is 10.2. The van der Waals surface area contributed by atoms with E-state index in [0.717, 1.165) is 12.8 Å². The van der Waals surface area contributed by atoms with Crippen molar-refractivity contribution in [1.82, 2.24) is 4.98 Å². The van der Waals surface area contributed by atoms with Gasteiger partial charge in [-0.05, 0) is 55.3 Å². The van der Waals surface area contributed by atoms with Gasteiger partial charge in [0.1, 0.15) is 11.5 Å². The average Bonchev–Trinajstić information content (AvgIpc) is 3.35. The van der Waals surface area contributed by atoms with Gasteiger partial charge in [-0.25, -0.2) is 4.39 Å². The molecule has 0 radical (unpaired) electrons. The summed E-state index contributed by atoms with van der Waals surface area (Å²) in [5.74, 6) is -0.550. The Morgan fingerprint density at radius 2 is 1.76 bits per heavy atom. The Labute approximate surface area is 143 Å². The highest BCUT2D eigenvalue weighted by molar-refractivity contribution is 6.06. The highest BCUT2D eigenvalue weighted by Gasteiger charge is 2.29. The molecule has 5 nitrogen and oxygen atoms in total. The standard InChI is InChI=1S/C19H16FN3O2/c20-13-6-7-16-12(8-13)9-17(23-16)19(25)22-15-3-1-2-14(10-15)21-18(24)11-4-5-11/h1-3,6-11,23H,4-5H2,(H,21,24)(H,22,25). The molecule has 1 saturated carbocycles. The van der Waals surface area contributed by atoms with Crippen LogP contribution in [0, 0.1) is 11.7 Å². The van der Waals surface area contributed by atoms with Crippen molar-refractivity contribution in [3.8, 4) is 0 Å². The molecular weight excluding hydrogens is 321 g/mol. The van der Waals surface area contributed by atoms with E-state index in [9.17, 15) is 14.0 Å². The molecule has 2 aromatic carbocycles. The second-order valence-corrected chi connectivity index (χ2v) is 6.21. The summed E-state index contributed by atoms with van der Waals surface area (Å²) in [6.45, 7) is 0. The van der Waals surface area contributed by atoms with Crippen LogP contribution in [-0.2, 0) is 4.79 Å². The molecule has 0 atom stereocenters. The molecule has 3 aromatic rings. The molecule has 0 spiro atoms. The number of hydrogen-bond acceptors (Lipinski definition) is 2. The third-order valence-corrected chi connectivity index (χ3v) is 4.16. The number of fused-ring (bicyclic) bond motifs is 1. The van der Waals surface area contributed by atoms with Gasteiger partial charge in [0.15, 0.2) is 0 Å². The summed E-state index contributed by atoms with van der Waals surface area (Å²) in [6.07, 6.45) is 1.87. The predicted molar refractivity (Wildman–Crippen MR) is 94.0 cm³/mol. The predicted octanol–water partition coefficient (Wildman–Crippen LogP) is 3.91. The molecule has 1 aromatic heterocycles. The fraction of sp³-hybridized carbons (Fsp3) is 0.158. The van der Waals surface area contributed by atoms with Crippen LogP contribution in [0.4, 0.5) is 15.8 Å². The van der Waals surface area contributed by atoms with Crippen molar-refractivity contribution in [2.24, 2.45) is 5.92 Å². The van der Waals surface area contributed by atoms with Crippen LogP contribution in [-0.4, -0.2) is 16.8 Å². The van der Waals surface area contributed by atoms with E-state index in [1.54, 1.807) is 36.4 Å². The smallest absolute Gasteiger partial charge is 0.272 e. The van der Waals surface area contributed by atoms with Crippen LogP contribution in [0.3, 0.4) is 0 Å². The summed E-state index contributed by atoms with van der Waals surface area (Å²) in [6, 6.07) is 12.9. The fourth-order valence-corrected chi connectivity index (χ4v) is 2.69. The van der Waals surface area contributed by atoms with Crippen molar-refractivity contribution < 1.29 is 14.0 Å². The Morgan fingerprint density at radius 1 is 1.00 bits per heavy atom. The number of carbonyl (C=O) groups is 2. The third kappa shape index (κ3) is 3.38. The van der Waals surface area contributed by atoms with Crippen molar-refractivity contribution in [3.63, 3.8) is 0 Å². The molecule has 0 bridgehead atoms. The minimum absolute atomic E-state index is 0.0149. The van der Waals surface area contributed by atoms with Crippen molar-refractivity contribution >= 4 is 34.1 Å². The van der Waals surface area contributed by atoms with Gasteiger partial charge >= 0.3 is 0 Å². The molecule has 0 saturated heterocycles. The van der Waals surface area contributed by atoms with Crippen molar-refractivity contribution in [2.45, 2.75) is 12.8 Å². The van der Waals surface area contributed by atoms with Crippen LogP contribution in [0.1, 0.15) is 23.3 Å². The summed E-state index contributed by atoms with van der Waals surface area (Å²) in [7, 11) is 0. The van der Waals surface area contributed by atoms with Gasteiger partial charge in [0.05, 0.1) is 0 Å². The first kappa shape index (κ1) is 15.4. The Balaban J connectivity index is 1.50. The number of aromatic nitrogens is 1. The molecule has 0 aliphatic heterocycles. The number of halogens is 1. The Hall–Kier alpha value is -3.15. The Kier molecular flexibility index (Phi) is 3.72. The molecule has 1 heterocycles. The molecule has 2 amide bonds. The minimum Gasteiger partial charge on any atom is -0.351 e. The maximum absolute atomic E-state index is 13.3. The quantitative estimate of drug-likeness (QED) is 0.675. The first-order valence-electron chi connectivity index (χ1n) is 8.09. The van der Waals surface area contributed by atoms with Crippen molar-refractivity contribution in [1.29, 1.82) is 0 Å². The van der Waals surface area contributed by atoms with Crippen molar-refractivity contribution in [2.75, 3.05) is 10.6 Å². The zero-order chi connectivity index (χ0) is 17.4. The van der Waals surface area contributed by atoms with Crippen LogP contribution in [0.2, 0.25) is 0 Å². The summed E-state index contributed by atoms with van der Waals surface area (Å²) < 4.78 is 13.3. The van der Waals surface area contributed by atoms with Gasteiger partial charge in [0.2, 0.25) is 5.91 Å². The maximum atomic E-state index is 13.3. The minimum atomic E-state index is -0.349. The molecule has 4 rings (SSSR count). The van der Waals surface area contributed by atoms with Crippen LogP contribution < -0.4 is 10.6 Å². The number of aromatic amines is 1. The van der Waals surface area contributed by atoms with Crippen LogP contribution in [0.5, 0.6) is 0 Å². The Bertz CT molecular complexity index is 976. The number of H-pyrrole nitrogens is 1. The largest absolute Gasteiger partial charge is 0.351 e. The number of benzene rings is 2. The van der Waals surface area contributed by atoms with Gasteiger partial charge in [0, 0.05) is 28.2 Å². The average molecular weight is 337 g/mol. The number of amides is 2. The van der Waals surface area contributed by atoms with E-state index >= 15 is 0 Å². The van der Waals surface area contributed by atoms with E-state index in [1.807, 2.05) is 0 Å². The van der Waals surface area contributed by atoms with Gasteiger partial charge in [-0.3, -0.25) is 9.59 Å². The van der Waals surface area contributed by atoms with E-state index in [0.29, 0.717) is 28.0 Å². The fourth-order valence-electron chi connectivity index (χ4n) is 2.69. The monoisotopic (exact) mass is 337 g/mol. The molecule has 126 valence electrons. The summed E-state index contributed by atoms with van der Waals surface area (Å²) >= 11 is 0. The van der Waals surface area contributed by atoms with Gasteiger partial charge in [-0.2, -0.15) is 0 Å². The normalized spacial score (nSPS) is 13.6. The van der Waals surface area contributed by atoms with E-state index in [4.69, 9.17) is 0 Å². The van der Waals surface area contributed by atoms with Gasteiger partial charge in [-0.15, -0.1) is 0 Å². The van der Waals surface area contributed by atoms with Gasteiger partial charge in [0.25, 0.3) is 5.91 Å². The summed E-state index contributed by atoms with van der Waals surface area (Å²) in [5.41, 5.74) is 2.25. The van der Waals surface area contributed by atoms with E-state index in [1.165, 1.54) is 12.1 Å². The molecule has 25 heavy (non-hydrogen) atoms. The highest BCUT2D eigenvalue weighted by Crippen LogP contribution is 2.30. The molecule has 6 heteroatoms. The number of rotatable bonds is 4. The zero-order valence-corrected chi connectivity index (χ0v) is 13.3. The summed E-state index contributed by atoms with van der Waals surface area (Å²) in [5, 5.41) is 6.26. The SMILES string of the molecule is O=C(Nc1cccc(NC(=O)C2CC2)c1)c1cc2cc(F)ccc2[nH]1. The topological polar surface area (TPSA) is 74.0 Å². The highest BCUT2D eigenvalue weighted by atomic mass is 19.1. The third-order valence-electron chi connectivity index (χ3n) is 4.16. The summed E-state index contributed by atoms with van der Waals surface area (Å²) in [4.78, 5) is 27.2. The lowest BCUT2D eigenvalue weighted by Crippen LogP contribution is -2.15. The second-order valence-electron chi connectivity index (χ2n) is 6.21. The molecule has 1 fully saturated rings. The number of carbonyl (C=O) groups excluding carboxylic acids is 2. The molecule has 0 unspecified atom stereocenters.